The Bertz CT molecular complexity index is 661. The van der Waals surface area contributed by atoms with Crippen LogP contribution >= 0.6 is 12.6 Å². The van der Waals surface area contributed by atoms with Gasteiger partial charge in [0.1, 0.15) is 18.1 Å². The first-order valence-corrected chi connectivity index (χ1v) is 10.7. The van der Waals surface area contributed by atoms with Crippen molar-refractivity contribution < 1.29 is 34.2 Å². The summed E-state index contributed by atoms with van der Waals surface area (Å²) in [5, 5.41) is 25.4. The van der Waals surface area contributed by atoms with E-state index in [1.54, 1.807) is 27.7 Å². The van der Waals surface area contributed by atoms with E-state index in [0.717, 1.165) is 0 Å². The molecule has 0 aromatic carbocycles. The Morgan fingerprint density at radius 3 is 1.74 bits per heavy atom. The molecule has 178 valence electrons. The third kappa shape index (κ3) is 9.55. The number of rotatable bonds is 14. The summed E-state index contributed by atoms with van der Waals surface area (Å²) in [5.41, 5.74) is 5.55. The number of carbonyl (C=O) groups is 5. The van der Waals surface area contributed by atoms with Crippen molar-refractivity contribution in [3.8, 4) is 0 Å². The minimum Gasteiger partial charge on any atom is -0.481 e. The molecule has 0 bridgehead atoms. The van der Waals surface area contributed by atoms with Crippen LogP contribution in [-0.2, 0) is 24.0 Å². The van der Waals surface area contributed by atoms with Gasteiger partial charge in [0.15, 0.2) is 0 Å². The summed E-state index contributed by atoms with van der Waals surface area (Å²) in [5.74, 6) is -5.45. The number of nitrogens with one attached hydrogen (secondary N) is 3. The van der Waals surface area contributed by atoms with Crippen LogP contribution in [0.25, 0.3) is 0 Å². The minimum absolute atomic E-state index is 0.107. The van der Waals surface area contributed by atoms with Gasteiger partial charge in [-0.25, -0.2) is 4.79 Å². The van der Waals surface area contributed by atoms with Crippen LogP contribution in [0.2, 0.25) is 0 Å². The Morgan fingerprint density at radius 2 is 1.32 bits per heavy atom. The molecule has 6 unspecified atom stereocenters. The number of carboxylic acid groups (broad SMARTS) is 2. The fourth-order valence-electron chi connectivity index (χ4n) is 2.64. The maximum atomic E-state index is 12.8. The molecule has 0 heterocycles. The lowest BCUT2D eigenvalue weighted by molar-refractivity contribution is -0.143. The SMILES string of the molecule is CCC(C)C(NC(=O)C(CS)NC(=O)C(NC(=O)C(N)CC(=O)O)C(C)CC)C(=O)O. The summed E-state index contributed by atoms with van der Waals surface area (Å²) in [6, 6.07) is -4.68. The molecule has 0 spiro atoms. The van der Waals surface area contributed by atoms with E-state index in [1.807, 2.05) is 0 Å². The molecule has 0 aliphatic heterocycles. The topological polar surface area (TPSA) is 188 Å². The van der Waals surface area contributed by atoms with E-state index in [0.29, 0.717) is 12.8 Å². The second-order valence-electron chi connectivity index (χ2n) is 7.53. The van der Waals surface area contributed by atoms with Crippen molar-refractivity contribution in [2.24, 2.45) is 17.6 Å². The second kappa shape index (κ2) is 13.9. The molecular weight excluding hydrogens is 428 g/mol. The van der Waals surface area contributed by atoms with Crippen LogP contribution in [0.1, 0.15) is 47.0 Å². The molecule has 0 aromatic heterocycles. The van der Waals surface area contributed by atoms with Gasteiger partial charge in [-0.3, -0.25) is 19.2 Å². The minimum atomic E-state index is -1.34. The summed E-state index contributed by atoms with van der Waals surface area (Å²) in [7, 11) is 0. The van der Waals surface area contributed by atoms with Crippen molar-refractivity contribution in [1.82, 2.24) is 16.0 Å². The molecule has 12 heteroatoms. The largest absolute Gasteiger partial charge is 0.481 e. The molecule has 31 heavy (non-hydrogen) atoms. The molecule has 0 saturated carbocycles. The summed E-state index contributed by atoms with van der Waals surface area (Å²) in [6.45, 7) is 6.97. The summed E-state index contributed by atoms with van der Waals surface area (Å²) < 4.78 is 0. The van der Waals surface area contributed by atoms with E-state index in [-0.39, 0.29) is 17.6 Å². The van der Waals surface area contributed by atoms with Crippen molar-refractivity contribution >= 4 is 42.3 Å². The average Bonchev–Trinajstić information content (AvgIpc) is 2.71. The molecule has 0 fully saturated rings. The maximum Gasteiger partial charge on any atom is 0.326 e. The predicted molar refractivity (Wildman–Crippen MR) is 116 cm³/mol. The third-order valence-electron chi connectivity index (χ3n) is 5.12. The van der Waals surface area contributed by atoms with Crippen LogP contribution in [0, 0.1) is 11.8 Å². The number of carboxylic acids is 2. The number of aliphatic carboxylic acids is 2. The molecule has 0 radical (unpaired) electrons. The van der Waals surface area contributed by atoms with E-state index in [4.69, 9.17) is 10.8 Å². The molecular formula is C19H34N4O7S. The Labute approximate surface area is 187 Å². The molecule has 3 amide bonds. The van der Waals surface area contributed by atoms with Crippen molar-refractivity contribution in [3.63, 3.8) is 0 Å². The number of thiol groups is 1. The smallest absolute Gasteiger partial charge is 0.326 e. The zero-order chi connectivity index (χ0) is 24.3. The quantitative estimate of drug-likeness (QED) is 0.166. The molecule has 0 aliphatic carbocycles. The van der Waals surface area contributed by atoms with Gasteiger partial charge in [-0.15, -0.1) is 0 Å². The number of carbonyl (C=O) groups excluding carboxylic acids is 3. The Hall–Kier alpha value is -2.34. The zero-order valence-electron chi connectivity index (χ0n) is 18.3. The van der Waals surface area contributed by atoms with Gasteiger partial charge in [0, 0.05) is 5.75 Å². The first-order chi connectivity index (χ1) is 14.4. The van der Waals surface area contributed by atoms with Crippen LogP contribution in [0.3, 0.4) is 0 Å². The first kappa shape index (κ1) is 28.7. The van der Waals surface area contributed by atoms with E-state index in [2.05, 4.69) is 28.6 Å². The van der Waals surface area contributed by atoms with Crippen LogP contribution in [0.4, 0.5) is 0 Å². The van der Waals surface area contributed by atoms with Gasteiger partial charge < -0.3 is 31.9 Å². The monoisotopic (exact) mass is 462 g/mol. The van der Waals surface area contributed by atoms with Crippen LogP contribution in [0.15, 0.2) is 0 Å². The average molecular weight is 463 g/mol. The molecule has 0 saturated heterocycles. The Balaban J connectivity index is 5.35. The molecule has 0 aliphatic rings. The normalized spacial score (nSPS) is 16.7. The van der Waals surface area contributed by atoms with Gasteiger partial charge in [0.25, 0.3) is 0 Å². The van der Waals surface area contributed by atoms with Gasteiger partial charge >= 0.3 is 11.9 Å². The predicted octanol–water partition coefficient (Wildman–Crippen LogP) is -0.651. The third-order valence-corrected chi connectivity index (χ3v) is 5.48. The maximum absolute atomic E-state index is 12.8. The number of hydrogen-bond donors (Lipinski definition) is 7. The summed E-state index contributed by atoms with van der Waals surface area (Å²) >= 11 is 4.07. The summed E-state index contributed by atoms with van der Waals surface area (Å²) in [6.07, 6.45) is 0.418. The Kier molecular flexibility index (Phi) is 12.8. The van der Waals surface area contributed by atoms with E-state index >= 15 is 0 Å². The van der Waals surface area contributed by atoms with Gasteiger partial charge in [0.2, 0.25) is 17.7 Å². The van der Waals surface area contributed by atoms with Crippen molar-refractivity contribution in [2.45, 2.75) is 71.1 Å². The van der Waals surface area contributed by atoms with E-state index in [9.17, 15) is 29.1 Å². The van der Waals surface area contributed by atoms with Crippen LogP contribution < -0.4 is 21.7 Å². The highest BCUT2D eigenvalue weighted by Crippen LogP contribution is 2.11. The standard InChI is InChI=1S/C19H34N4O7S/c1-5-9(3)14(22-16(26)11(20)7-13(24)25)18(28)21-12(8-31)17(27)23-15(19(29)30)10(4)6-2/h9-12,14-15,31H,5-8,20H2,1-4H3,(H,21,28)(H,22,26)(H,23,27)(H,24,25)(H,29,30). The molecule has 0 aromatic rings. The van der Waals surface area contributed by atoms with Crippen molar-refractivity contribution in [2.75, 3.05) is 5.75 Å². The number of nitrogens with two attached hydrogens (primary N) is 1. The Morgan fingerprint density at radius 1 is 0.839 bits per heavy atom. The first-order valence-electron chi connectivity index (χ1n) is 10.1. The molecule has 0 rings (SSSR count). The van der Waals surface area contributed by atoms with Crippen molar-refractivity contribution in [3.05, 3.63) is 0 Å². The highest BCUT2D eigenvalue weighted by atomic mass is 32.1. The lowest BCUT2D eigenvalue weighted by atomic mass is 9.97. The fraction of sp³-hybridized carbons (Fsp3) is 0.737. The van der Waals surface area contributed by atoms with Crippen LogP contribution in [0.5, 0.6) is 0 Å². The van der Waals surface area contributed by atoms with E-state index < -0.39 is 60.2 Å². The highest BCUT2D eigenvalue weighted by Gasteiger charge is 2.33. The zero-order valence-corrected chi connectivity index (χ0v) is 19.1. The molecule has 7 N–H and O–H groups in total. The molecule has 6 atom stereocenters. The van der Waals surface area contributed by atoms with E-state index in [1.165, 1.54) is 0 Å². The van der Waals surface area contributed by atoms with Gasteiger partial charge in [-0.05, 0) is 11.8 Å². The lowest BCUT2D eigenvalue weighted by Gasteiger charge is -2.28. The van der Waals surface area contributed by atoms with Gasteiger partial charge in [-0.2, -0.15) is 12.6 Å². The lowest BCUT2D eigenvalue weighted by Crippen LogP contribution is -2.59. The van der Waals surface area contributed by atoms with Gasteiger partial charge in [0.05, 0.1) is 12.5 Å². The van der Waals surface area contributed by atoms with Crippen LogP contribution in [-0.4, -0.2) is 69.8 Å². The second-order valence-corrected chi connectivity index (χ2v) is 7.90. The van der Waals surface area contributed by atoms with Gasteiger partial charge in [-0.1, -0.05) is 40.5 Å². The van der Waals surface area contributed by atoms with Crippen molar-refractivity contribution in [1.29, 1.82) is 0 Å². The number of hydrogen-bond acceptors (Lipinski definition) is 7. The highest BCUT2D eigenvalue weighted by molar-refractivity contribution is 7.80. The summed E-state index contributed by atoms with van der Waals surface area (Å²) in [4.78, 5) is 59.7. The number of amides is 3. The fourth-order valence-corrected chi connectivity index (χ4v) is 2.89. The molecule has 11 nitrogen and oxygen atoms in total.